The van der Waals surface area contributed by atoms with Crippen LogP contribution >= 0.6 is 11.3 Å². The number of carbonyl (C=O) groups excluding carboxylic acids is 1. The lowest BCUT2D eigenvalue weighted by molar-refractivity contribution is -0.146. The fourth-order valence-corrected chi connectivity index (χ4v) is 4.11. The van der Waals surface area contributed by atoms with Gasteiger partial charge in [0.2, 0.25) is 13.1 Å². The molecule has 3 heterocycles. The van der Waals surface area contributed by atoms with Gasteiger partial charge in [-0.15, -0.1) is 0 Å². The molecule has 0 radical (unpaired) electrons. The first-order valence-corrected chi connectivity index (χ1v) is 11.0. The van der Waals surface area contributed by atoms with Crippen molar-refractivity contribution in [1.82, 2.24) is 5.32 Å². The molecule has 0 saturated heterocycles. The highest BCUT2D eigenvalue weighted by Crippen LogP contribution is 2.34. The number of amides is 1. The smallest absolute Gasteiger partial charge is 0.286 e. The van der Waals surface area contributed by atoms with Crippen LogP contribution in [0, 0.1) is 0 Å². The van der Waals surface area contributed by atoms with E-state index < -0.39 is 6.29 Å². The highest BCUT2D eigenvalue weighted by molar-refractivity contribution is 7.08. The summed E-state index contributed by atoms with van der Waals surface area (Å²) in [6.07, 6.45) is 3.44. The van der Waals surface area contributed by atoms with Crippen LogP contribution in [0.15, 0.2) is 46.9 Å². The highest BCUT2D eigenvalue weighted by atomic mass is 32.1. The molecule has 0 aliphatic carbocycles. The third kappa shape index (κ3) is 5.13. The molecule has 2 aliphatic heterocycles. The average molecular weight is 432 g/mol. The number of aliphatic hydroxyl groups is 1. The van der Waals surface area contributed by atoms with Crippen LogP contribution in [0.2, 0.25) is 0 Å². The summed E-state index contributed by atoms with van der Waals surface area (Å²) in [5.74, 6) is 1.44. The lowest BCUT2D eigenvalue weighted by Gasteiger charge is -2.29. The summed E-state index contributed by atoms with van der Waals surface area (Å²) in [6, 6.07) is 7.65. The van der Waals surface area contributed by atoms with Crippen molar-refractivity contribution in [2.24, 2.45) is 0 Å². The summed E-state index contributed by atoms with van der Waals surface area (Å²) < 4.78 is 22.4. The second-order valence-electron chi connectivity index (χ2n) is 7.15. The van der Waals surface area contributed by atoms with E-state index in [1.807, 2.05) is 29.7 Å². The van der Waals surface area contributed by atoms with Gasteiger partial charge in [-0.25, -0.2) is 0 Å². The zero-order valence-electron chi connectivity index (χ0n) is 16.5. The van der Waals surface area contributed by atoms with Crippen LogP contribution < -0.4 is 14.8 Å². The average Bonchev–Trinajstić information content (AvgIpc) is 3.46. The van der Waals surface area contributed by atoms with Gasteiger partial charge in [-0.05, 0) is 59.0 Å². The molecule has 8 heteroatoms. The number of nitrogens with one attached hydrogen (secondary N) is 1. The SMILES string of the molecule is O=C(NCc1ccc2c(c1)OCO2)C1=C[C@@H](c2ccsc2)C[C@@H](OCCCCO)O1. The highest BCUT2D eigenvalue weighted by Gasteiger charge is 2.29. The molecule has 0 spiro atoms. The second-order valence-corrected chi connectivity index (χ2v) is 7.93. The van der Waals surface area contributed by atoms with Crippen molar-refractivity contribution in [2.75, 3.05) is 20.0 Å². The zero-order chi connectivity index (χ0) is 20.8. The van der Waals surface area contributed by atoms with Crippen molar-refractivity contribution in [2.45, 2.75) is 38.0 Å². The van der Waals surface area contributed by atoms with Crippen LogP contribution in [0.25, 0.3) is 0 Å². The van der Waals surface area contributed by atoms with Crippen molar-refractivity contribution in [3.8, 4) is 11.5 Å². The van der Waals surface area contributed by atoms with Crippen LogP contribution in [0.1, 0.15) is 36.3 Å². The number of hydrogen-bond donors (Lipinski definition) is 2. The van der Waals surface area contributed by atoms with E-state index in [0.29, 0.717) is 37.5 Å². The van der Waals surface area contributed by atoms with Gasteiger partial charge in [0.25, 0.3) is 5.91 Å². The maximum Gasteiger partial charge on any atom is 0.286 e. The summed E-state index contributed by atoms with van der Waals surface area (Å²) in [4.78, 5) is 12.8. The van der Waals surface area contributed by atoms with Gasteiger partial charge in [0.15, 0.2) is 17.3 Å². The molecule has 30 heavy (non-hydrogen) atoms. The van der Waals surface area contributed by atoms with Gasteiger partial charge in [-0.1, -0.05) is 6.07 Å². The fraction of sp³-hybridized carbons (Fsp3) is 0.409. The molecule has 7 nitrogen and oxygen atoms in total. The van der Waals surface area contributed by atoms with Crippen molar-refractivity contribution in [3.05, 3.63) is 58.0 Å². The Morgan fingerprint density at radius 3 is 2.97 bits per heavy atom. The van der Waals surface area contributed by atoms with E-state index in [1.54, 1.807) is 11.3 Å². The first kappa shape index (κ1) is 20.7. The molecule has 160 valence electrons. The maximum atomic E-state index is 12.8. The molecule has 1 aromatic carbocycles. The summed E-state index contributed by atoms with van der Waals surface area (Å²) in [5, 5.41) is 15.9. The predicted molar refractivity (Wildman–Crippen MR) is 111 cm³/mol. The zero-order valence-corrected chi connectivity index (χ0v) is 17.4. The van der Waals surface area contributed by atoms with Crippen LogP contribution in [-0.2, 0) is 20.8 Å². The summed E-state index contributed by atoms with van der Waals surface area (Å²) in [7, 11) is 0. The molecule has 2 aromatic rings. The van der Waals surface area contributed by atoms with E-state index in [-0.39, 0.29) is 31.0 Å². The lowest BCUT2D eigenvalue weighted by Crippen LogP contribution is -2.32. The Bertz CT molecular complexity index is 882. The Morgan fingerprint density at radius 1 is 1.23 bits per heavy atom. The van der Waals surface area contributed by atoms with Crippen LogP contribution in [0.4, 0.5) is 0 Å². The van der Waals surface area contributed by atoms with Crippen LogP contribution in [0.5, 0.6) is 11.5 Å². The van der Waals surface area contributed by atoms with Crippen LogP contribution in [0.3, 0.4) is 0 Å². The Balaban J connectivity index is 1.39. The number of thiophene rings is 1. The van der Waals surface area contributed by atoms with E-state index in [2.05, 4.69) is 16.8 Å². The van der Waals surface area contributed by atoms with E-state index >= 15 is 0 Å². The van der Waals surface area contributed by atoms with Crippen molar-refractivity contribution < 1.29 is 28.8 Å². The summed E-state index contributed by atoms with van der Waals surface area (Å²) >= 11 is 1.62. The van der Waals surface area contributed by atoms with Gasteiger partial charge in [-0.2, -0.15) is 11.3 Å². The fourth-order valence-electron chi connectivity index (χ4n) is 3.39. The van der Waals surface area contributed by atoms with E-state index in [9.17, 15) is 4.79 Å². The number of rotatable bonds is 9. The topological polar surface area (TPSA) is 86.3 Å². The monoisotopic (exact) mass is 431 g/mol. The molecular weight excluding hydrogens is 406 g/mol. The van der Waals surface area contributed by atoms with Gasteiger partial charge >= 0.3 is 0 Å². The molecule has 0 unspecified atom stereocenters. The number of allylic oxidation sites excluding steroid dienone is 1. The number of benzene rings is 1. The third-order valence-corrected chi connectivity index (χ3v) is 5.70. The molecule has 2 aliphatic rings. The Hall–Kier alpha value is -2.55. The normalized spacial score (nSPS) is 19.8. The first-order valence-electron chi connectivity index (χ1n) is 10.0. The first-order chi connectivity index (χ1) is 14.7. The molecule has 2 atom stereocenters. The second kappa shape index (κ2) is 9.97. The number of fused-ring (bicyclic) bond motifs is 1. The Kier molecular flexibility index (Phi) is 6.88. The van der Waals surface area contributed by atoms with Gasteiger partial charge in [0.1, 0.15) is 0 Å². The van der Waals surface area contributed by atoms with Gasteiger partial charge < -0.3 is 29.4 Å². The lowest BCUT2D eigenvalue weighted by atomic mass is 9.95. The van der Waals surface area contributed by atoms with Crippen molar-refractivity contribution in [3.63, 3.8) is 0 Å². The largest absolute Gasteiger partial charge is 0.459 e. The molecule has 1 amide bonds. The number of carbonyl (C=O) groups is 1. The van der Waals surface area contributed by atoms with Gasteiger partial charge in [0.05, 0.1) is 6.61 Å². The molecule has 0 fully saturated rings. The Morgan fingerprint density at radius 2 is 2.13 bits per heavy atom. The molecule has 0 bridgehead atoms. The number of hydrogen-bond acceptors (Lipinski definition) is 7. The minimum atomic E-state index is -0.495. The predicted octanol–water partition coefficient (Wildman–Crippen LogP) is 3.30. The van der Waals surface area contributed by atoms with Crippen molar-refractivity contribution >= 4 is 17.2 Å². The van der Waals surface area contributed by atoms with E-state index in [1.165, 1.54) is 0 Å². The van der Waals surface area contributed by atoms with Crippen LogP contribution in [-0.4, -0.2) is 37.3 Å². The quantitative estimate of drug-likeness (QED) is 0.593. The third-order valence-electron chi connectivity index (χ3n) is 5.00. The minimum absolute atomic E-state index is 0.0548. The number of unbranched alkanes of at least 4 members (excludes halogenated alkanes) is 1. The van der Waals surface area contributed by atoms with Crippen molar-refractivity contribution in [1.29, 1.82) is 0 Å². The summed E-state index contributed by atoms with van der Waals surface area (Å²) in [5.41, 5.74) is 2.06. The Labute approximate surface area is 179 Å². The molecular formula is C22H25NO6S. The van der Waals surface area contributed by atoms with E-state index in [4.69, 9.17) is 24.1 Å². The standard InChI is InChI=1S/C22H25NO6S/c24-6-1-2-7-26-21-11-17(16-5-8-30-13-16)10-20(29-21)22(25)23-12-15-3-4-18-19(9-15)28-14-27-18/h3-5,8-10,13,17,21,24H,1-2,6-7,11-12,14H2,(H,23,25)/t17-,21+/m1/s1. The van der Waals surface area contributed by atoms with E-state index in [0.717, 1.165) is 17.5 Å². The molecule has 1 aromatic heterocycles. The minimum Gasteiger partial charge on any atom is -0.459 e. The number of ether oxygens (including phenoxy) is 4. The maximum absolute atomic E-state index is 12.8. The number of aliphatic hydroxyl groups excluding tert-OH is 1. The van der Waals surface area contributed by atoms with Gasteiger partial charge in [-0.3, -0.25) is 4.79 Å². The van der Waals surface area contributed by atoms with Gasteiger partial charge in [0, 0.05) is 25.5 Å². The molecule has 2 N–H and O–H groups in total. The molecule has 0 saturated carbocycles. The molecule has 4 rings (SSSR count). The summed E-state index contributed by atoms with van der Waals surface area (Å²) in [6.45, 7) is 1.18.